The van der Waals surface area contributed by atoms with Crippen LogP contribution in [0.25, 0.3) is 22.5 Å². The van der Waals surface area contributed by atoms with Gasteiger partial charge >= 0.3 is 0 Å². The van der Waals surface area contributed by atoms with Crippen LogP contribution in [0.1, 0.15) is 12.5 Å². The van der Waals surface area contributed by atoms with E-state index < -0.39 is 17.5 Å². The van der Waals surface area contributed by atoms with Gasteiger partial charge in [0.1, 0.15) is 29.3 Å². The smallest absolute Gasteiger partial charge is 0.248 e. The minimum Gasteiger partial charge on any atom is -0.336 e. The van der Waals surface area contributed by atoms with E-state index in [1.807, 2.05) is 0 Å². The summed E-state index contributed by atoms with van der Waals surface area (Å²) >= 11 is 6.20. The van der Waals surface area contributed by atoms with E-state index in [-0.39, 0.29) is 33.4 Å². The van der Waals surface area contributed by atoms with E-state index in [0.29, 0.717) is 5.69 Å². The molecule has 4 aromatic rings. The minimum atomic E-state index is -0.740. The lowest BCUT2D eigenvalue weighted by molar-refractivity contribution is -0.116. The van der Waals surface area contributed by atoms with E-state index in [4.69, 9.17) is 16.1 Å². The quantitative estimate of drug-likeness (QED) is 0.405. The average Bonchev–Trinajstić information content (AvgIpc) is 3.17. The first kappa shape index (κ1) is 20.6. The van der Waals surface area contributed by atoms with Crippen LogP contribution in [0.4, 0.5) is 20.4 Å². The summed E-state index contributed by atoms with van der Waals surface area (Å²) in [5.41, 5.74) is 1.33. The number of hydrogen-bond acceptors (Lipinski definition) is 5. The van der Waals surface area contributed by atoms with E-state index in [1.165, 1.54) is 43.7 Å². The molecule has 31 heavy (non-hydrogen) atoms. The largest absolute Gasteiger partial charge is 0.336 e. The number of halogens is 3. The van der Waals surface area contributed by atoms with Gasteiger partial charge < -0.3 is 4.52 Å². The zero-order valence-electron chi connectivity index (χ0n) is 16.4. The van der Waals surface area contributed by atoms with Gasteiger partial charge in [-0.3, -0.25) is 4.79 Å². The van der Waals surface area contributed by atoms with Crippen LogP contribution in [0.3, 0.4) is 0 Å². The van der Waals surface area contributed by atoms with Gasteiger partial charge in [-0.1, -0.05) is 34.5 Å². The van der Waals surface area contributed by atoms with Crippen molar-refractivity contribution < 1.29 is 18.1 Å². The number of carbonyl (C=O) groups excluding carboxylic acids is 1. The van der Waals surface area contributed by atoms with Gasteiger partial charge in [0.25, 0.3) is 0 Å². The third-order valence-electron chi connectivity index (χ3n) is 4.57. The summed E-state index contributed by atoms with van der Waals surface area (Å²) in [6, 6.07) is 10.1. The van der Waals surface area contributed by atoms with Crippen molar-refractivity contribution in [2.24, 2.45) is 0 Å². The molecule has 0 saturated carbocycles. The fraction of sp³-hybridized carbons (Fsp3) is 0.0909. The SMILES string of the molecule is CC(=O)N(c1onc(-c2cc(C)ccc2F)c1-c1ccncn1)c1c(F)cccc1Cl. The molecule has 6 nitrogen and oxygen atoms in total. The summed E-state index contributed by atoms with van der Waals surface area (Å²) < 4.78 is 34.9. The van der Waals surface area contributed by atoms with Crippen molar-refractivity contribution in [1.29, 1.82) is 0 Å². The molecule has 0 aliphatic heterocycles. The van der Waals surface area contributed by atoms with E-state index in [1.54, 1.807) is 25.1 Å². The molecule has 4 rings (SSSR count). The average molecular weight is 441 g/mol. The number of hydrogen-bond donors (Lipinski definition) is 0. The van der Waals surface area contributed by atoms with Gasteiger partial charge in [0, 0.05) is 18.7 Å². The fourth-order valence-corrected chi connectivity index (χ4v) is 3.46. The third-order valence-corrected chi connectivity index (χ3v) is 4.87. The number of para-hydroxylation sites is 1. The van der Waals surface area contributed by atoms with Crippen molar-refractivity contribution in [3.05, 3.63) is 77.2 Å². The van der Waals surface area contributed by atoms with E-state index in [2.05, 4.69) is 15.1 Å². The molecule has 0 spiro atoms. The Labute approximate surface area is 181 Å². The Bertz CT molecular complexity index is 1260. The summed E-state index contributed by atoms with van der Waals surface area (Å²) in [4.78, 5) is 21.7. The molecule has 0 radical (unpaired) electrons. The Balaban J connectivity index is 2.04. The van der Waals surface area contributed by atoms with E-state index in [9.17, 15) is 13.6 Å². The molecule has 1 amide bonds. The van der Waals surface area contributed by atoms with Crippen molar-refractivity contribution >= 4 is 29.1 Å². The number of aromatic nitrogens is 3. The second-order valence-corrected chi connectivity index (χ2v) is 7.12. The highest BCUT2D eigenvalue weighted by molar-refractivity contribution is 6.34. The van der Waals surface area contributed by atoms with Crippen LogP contribution in [0.5, 0.6) is 0 Å². The van der Waals surface area contributed by atoms with Crippen molar-refractivity contribution in [2.75, 3.05) is 4.90 Å². The highest BCUT2D eigenvalue weighted by atomic mass is 35.5. The van der Waals surface area contributed by atoms with Gasteiger partial charge in [0.05, 0.1) is 16.3 Å². The monoisotopic (exact) mass is 440 g/mol. The summed E-state index contributed by atoms with van der Waals surface area (Å²) in [6.07, 6.45) is 2.76. The molecule has 0 N–H and O–H groups in total. The normalized spacial score (nSPS) is 10.9. The van der Waals surface area contributed by atoms with Crippen LogP contribution in [0.15, 0.2) is 59.5 Å². The fourth-order valence-electron chi connectivity index (χ4n) is 3.21. The van der Waals surface area contributed by atoms with Gasteiger partial charge in [-0.2, -0.15) is 0 Å². The van der Waals surface area contributed by atoms with Crippen LogP contribution in [-0.2, 0) is 4.79 Å². The summed E-state index contributed by atoms with van der Waals surface area (Å²) in [6.45, 7) is 3.03. The standard InChI is InChI=1S/C22H15ClF2N4O2/c1-12-6-7-16(24)14(10-12)20-19(18-8-9-26-11-27-18)22(31-28-20)29(13(2)30)21-15(23)4-3-5-17(21)25/h3-11H,1-2H3. The Hall–Kier alpha value is -3.65. The van der Waals surface area contributed by atoms with Gasteiger partial charge in [-0.25, -0.2) is 23.6 Å². The first-order valence-electron chi connectivity index (χ1n) is 9.15. The predicted octanol–water partition coefficient (Wildman–Crippen LogP) is 5.72. The van der Waals surface area contributed by atoms with Crippen LogP contribution < -0.4 is 4.90 Å². The number of anilines is 2. The molecule has 0 unspecified atom stereocenters. The van der Waals surface area contributed by atoms with Crippen molar-refractivity contribution in [3.8, 4) is 22.5 Å². The first-order valence-corrected chi connectivity index (χ1v) is 9.53. The second-order valence-electron chi connectivity index (χ2n) is 6.71. The lowest BCUT2D eigenvalue weighted by atomic mass is 10.0. The van der Waals surface area contributed by atoms with Crippen molar-refractivity contribution in [2.45, 2.75) is 13.8 Å². The Morgan fingerprint density at radius 2 is 1.94 bits per heavy atom. The first-order chi connectivity index (χ1) is 14.9. The molecule has 0 saturated heterocycles. The van der Waals surface area contributed by atoms with Crippen molar-refractivity contribution in [1.82, 2.24) is 15.1 Å². The molecule has 0 fully saturated rings. The van der Waals surface area contributed by atoms with Crippen molar-refractivity contribution in [3.63, 3.8) is 0 Å². The van der Waals surface area contributed by atoms with Gasteiger partial charge in [0.15, 0.2) is 0 Å². The maximum absolute atomic E-state index is 14.7. The minimum absolute atomic E-state index is 0.0106. The van der Waals surface area contributed by atoms with Crippen LogP contribution in [0.2, 0.25) is 5.02 Å². The molecule has 9 heteroatoms. The number of carbonyl (C=O) groups is 1. The number of nitrogens with zero attached hydrogens (tertiary/aromatic N) is 4. The van der Waals surface area contributed by atoms with E-state index in [0.717, 1.165) is 10.5 Å². The lowest BCUT2D eigenvalue weighted by Crippen LogP contribution is -2.24. The number of benzene rings is 2. The molecule has 0 aliphatic rings. The Morgan fingerprint density at radius 1 is 1.13 bits per heavy atom. The number of rotatable bonds is 4. The molecular weight excluding hydrogens is 426 g/mol. The predicted molar refractivity (Wildman–Crippen MR) is 112 cm³/mol. The highest BCUT2D eigenvalue weighted by Gasteiger charge is 2.31. The highest BCUT2D eigenvalue weighted by Crippen LogP contribution is 2.44. The van der Waals surface area contributed by atoms with Crippen LogP contribution in [0, 0.1) is 18.6 Å². The molecule has 0 atom stereocenters. The maximum atomic E-state index is 14.7. The Morgan fingerprint density at radius 3 is 2.61 bits per heavy atom. The molecule has 2 aromatic carbocycles. The molecule has 156 valence electrons. The molecule has 2 aromatic heterocycles. The van der Waals surface area contributed by atoms with Crippen LogP contribution >= 0.6 is 11.6 Å². The molecule has 0 aliphatic carbocycles. The van der Waals surface area contributed by atoms with E-state index >= 15 is 0 Å². The second kappa shape index (κ2) is 8.23. The lowest BCUT2D eigenvalue weighted by Gasteiger charge is -2.20. The zero-order valence-corrected chi connectivity index (χ0v) is 17.2. The molecule has 2 heterocycles. The number of amides is 1. The maximum Gasteiger partial charge on any atom is 0.248 e. The molecular formula is C22H15ClF2N4O2. The zero-order chi connectivity index (χ0) is 22.1. The Kier molecular flexibility index (Phi) is 5.48. The summed E-state index contributed by atoms with van der Waals surface area (Å²) in [5.74, 6) is -2.01. The topological polar surface area (TPSA) is 72.1 Å². The van der Waals surface area contributed by atoms with Gasteiger partial charge in [-0.15, -0.1) is 0 Å². The van der Waals surface area contributed by atoms with Gasteiger partial charge in [0.2, 0.25) is 11.8 Å². The van der Waals surface area contributed by atoms with Crippen LogP contribution in [-0.4, -0.2) is 21.0 Å². The summed E-state index contributed by atoms with van der Waals surface area (Å²) in [7, 11) is 0. The number of aryl methyl sites for hydroxylation is 1. The molecule has 0 bridgehead atoms. The van der Waals surface area contributed by atoms with Gasteiger partial charge in [-0.05, 0) is 37.3 Å². The third kappa shape index (κ3) is 3.77. The summed E-state index contributed by atoms with van der Waals surface area (Å²) in [5, 5.41) is 4.01.